The average Bonchev–Trinajstić information content (AvgIpc) is 3.20. The summed E-state index contributed by atoms with van der Waals surface area (Å²) >= 11 is 3.50. The Morgan fingerprint density at radius 1 is 1.11 bits per heavy atom. The Morgan fingerprint density at radius 3 is 2.42 bits per heavy atom. The van der Waals surface area contributed by atoms with E-state index >= 15 is 0 Å². The van der Waals surface area contributed by atoms with Crippen LogP contribution in [0.4, 0.5) is 5.69 Å². The summed E-state index contributed by atoms with van der Waals surface area (Å²) in [5, 5.41) is 0. The predicted octanol–water partition coefficient (Wildman–Crippen LogP) is 2.56. The van der Waals surface area contributed by atoms with Gasteiger partial charge in [-0.1, -0.05) is 6.07 Å². The van der Waals surface area contributed by atoms with E-state index in [-0.39, 0.29) is 0 Å². The molecule has 1 saturated carbocycles. The Bertz CT molecular complexity index is 437. The maximum Gasteiger partial charge on any atom is 0.0458 e. The Balaban J connectivity index is 1.49. The van der Waals surface area contributed by atoms with Gasteiger partial charge in [0.1, 0.15) is 0 Å². The van der Waals surface area contributed by atoms with Gasteiger partial charge in [-0.25, -0.2) is 0 Å². The fourth-order valence-corrected chi connectivity index (χ4v) is 3.15. The summed E-state index contributed by atoms with van der Waals surface area (Å²) in [7, 11) is 0. The number of nitrogen functional groups attached to an aromatic ring is 1. The van der Waals surface area contributed by atoms with E-state index in [0.29, 0.717) is 0 Å². The SMILES string of the molecule is Nc1ccc(CN2CCN(CC3CC3)CC2)cc1Br. The third-order valence-electron chi connectivity index (χ3n) is 4.15. The fourth-order valence-electron chi connectivity index (χ4n) is 2.72. The van der Waals surface area contributed by atoms with Crippen molar-refractivity contribution in [1.29, 1.82) is 0 Å². The molecule has 4 heteroatoms. The van der Waals surface area contributed by atoms with Crippen LogP contribution < -0.4 is 5.73 Å². The Morgan fingerprint density at radius 2 is 1.79 bits per heavy atom. The molecule has 0 radical (unpaired) electrons. The molecule has 1 aliphatic carbocycles. The molecule has 2 N–H and O–H groups in total. The third-order valence-corrected chi connectivity index (χ3v) is 4.84. The van der Waals surface area contributed by atoms with E-state index in [2.05, 4.69) is 37.9 Å². The molecule has 1 aliphatic heterocycles. The van der Waals surface area contributed by atoms with E-state index < -0.39 is 0 Å². The zero-order chi connectivity index (χ0) is 13.2. The summed E-state index contributed by atoms with van der Waals surface area (Å²) in [6, 6.07) is 6.27. The van der Waals surface area contributed by atoms with Crippen LogP contribution in [0.1, 0.15) is 18.4 Å². The van der Waals surface area contributed by atoms with Crippen LogP contribution in [0.5, 0.6) is 0 Å². The molecule has 19 heavy (non-hydrogen) atoms. The Hall–Kier alpha value is -0.580. The molecular weight excluding hydrogens is 302 g/mol. The van der Waals surface area contributed by atoms with Gasteiger partial charge < -0.3 is 10.6 Å². The van der Waals surface area contributed by atoms with Crippen LogP contribution in [0.3, 0.4) is 0 Å². The lowest BCUT2D eigenvalue weighted by Crippen LogP contribution is -2.46. The number of hydrogen-bond acceptors (Lipinski definition) is 3. The Kier molecular flexibility index (Phi) is 4.10. The molecule has 0 unspecified atom stereocenters. The number of piperazine rings is 1. The second-order valence-electron chi connectivity index (χ2n) is 5.88. The molecule has 1 aromatic carbocycles. The number of anilines is 1. The van der Waals surface area contributed by atoms with Crippen molar-refractivity contribution in [3.63, 3.8) is 0 Å². The highest BCUT2D eigenvalue weighted by Crippen LogP contribution is 2.30. The normalized spacial score (nSPS) is 21.7. The Labute approximate surface area is 123 Å². The maximum atomic E-state index is 5.83. The fraction of sp³-hybridized carbons (Fsp3) is 0.600. The second kappa shape index (κ2) is 5.81. The molecule has 1 aromatic rings. The predicted molar refractivity (Wildman–Crippen MR) is 83.0 cm³/mol. The first-order chi connectivity index (χ1) is 9.20. The number of nitrogens with two attached hydrogens (primary N) is 1. The van der Waals surface area contributed by atoms with Gasteiger partial charge in [-0.15, -0.1) is 0 Å². The van der Waals surface area contributed by atoms with Crippen LogP contribution >= 0.6 is 15.9 Å². The second-order valence-corrected chi connectivity index (χ2v) is 6.73. The highest BCUT2D eigenvalue weighted by molar-refractivity contribution is 9.10. The van der Waals surface area contributed by atoms with E-state index in [1.807, 2.05) is 6.07 Å². The van der Waals surface area contributed by atoms with Crippen LogP contribution in [-0.4, -0.2) is 42.5 Å². The number of halogens is 1. The van der Waals surface area contributed by atoms with Gasteiger partial charge in [-0.05, 0) is 52.4 Å². The van der Waals surface area contributed by atoms with Gasteiger partial charge in [0.25, 0.3) is 0 Å². The minimum absolute atomic E-state index is 0.818. The summed E-state index contributed by atoms with van der Waals surface area (Å²) in [6.07, 6.45) is 2.92. The van der Waals surface area contributed by atoms with E-state index in [9.17, 15) is 0 Å². The van der Waals surface area contributed by atoms with Crippen molar-refractivity contribution >= 4 is 21.6 Å². The van der Waals surface area contributed by atoms with E-state index in [0.717, 1.165) is 22.6 Å². The quantitative estimate of drug-likeness (QED) is 0.864. The van der Waals surface area contributed by atoms with Crippen molar-refractivity contribution in [2.24, 2.45) is 5.92 Å². The van der Waals surface area contributed by atoms with E-state index in [1.165, 1.54) is 51.1 Å². The van der Waals surface area contributed by atoms with Gasteiger partial charge in [0.2, 0.25) is 0 Å². The highest BCUT2D eigenvalue weighted by atomic mass is 79.9. The molecular formula is C15H22BrN3. The van der Waals surface area contributed by atoms with Crippen LogP contribution in [0.25, 0.3) is 0 Å². The number of rotatable bonds is 4. The first kappa shape index (κ1) is 13.4. The average molecular weight is 324 g/mol. The van der Waals surface area contributed by atoms with Crippen molar-refractivity contribution in [2.45, 2.75) is 19.4 Å². The molecule has 2 fully saturated rings. The minimum Gasteiger partial charge on any atom is -0.398 e. The maximum absolute atomic E-state index is 5.83. The van der Waals surface area contributed by atoms with E-state index in [1.54, 1.807) is 0 Å². The van der Waals surface area contributed by atoms with Crippen LogP contribution in [-0.2, 0) is 6.54 Å². The van der Waals surface area contributed by atoms with Crippen molar-refractivity contribution in [2.75, 3.05) is 38.5 Å². The lowest BCUT2D eigenvalue weighted by Gasteiger charge is -2.34. The first-order valence-corrected chi connectivity index (χ1v) is 7.98. The zero-order valence-corrected chi connectivity index (χ0v) is 12.9. The standard InChI is InChI=1S/C15H22BrN3/c16-14-9-13(3-4-15(14)17)11-19-7-5-18(6-8-19)10-12-1-2-12/h3-4,9,12H,1-2,5-8,10-11,17H2. The summed E-state index contributed by atoms with van der Waals surface area (Å²) in [5.74, 6) is 1.01. The number of nitrogens with zero attached hydrogens (tertiary/aromatic N) is 2. The molecule has 0 spiro atoms. The lowest BCUT2D eigenvalue weighted by molar-refractivity contribution is 0.123. The van der Waals surface area contributed by atoms with Crippen molar-refractivity contribution < 1.29 is 0 Å². The van der Waals surface area contributed by atoms with Gasteiger partial charge in [0.05, 0.1) is 0 Å². The van der Waals surface area contributed by atoms with Crippen LogP contribution in [0, 0.1) is 5.92 Å². The van der Waals surface area contributed by atoms with Crippen molar-refractivity contribution in [1.82, 2.24) is 9.80 Å². The number of benzene rings is 1. The molecule has 1 heterocycles. The summed E-state index contributed by atoms with van der Waals surface area (Å²) in [5.41, 5.74) is 7.99. The molecule has 0 atom stereocenters. The molecule has 3 nitrogen and oxygen atoms in total. The smallest absolute Gasteiger partial charge is 0.0458 e. The van der Waals surface area contributed by atoms with Gasteiger partial charge >= 0.3 is 0 Å². The van der Waals surface area contributed by atoms with Gasteiger partial charge in [0.15, 0.2) is 0 Å². The minimum atomic E-state index is 0.818. The van der Waals surface area contributed by atoms with Gasteiger partial charge in [-0.3, -0.25) is 4.90 Å². The molecule has 104 valence electrons. The summed E-state index contributed by atoms with van der Waals surface area (Å²) in [4.78, 5) is 5.18. The van der Waals surface area contributed by atoms with Crippen LogP contribution in [0.15, 0.2) is 22.7 Å². The zero-order valence-electron chi connectivity index (χ0n) is 11.3. The molecule has 3 rings (SSSR count). The first-order valence-electron chi connectivity index (χ1n) is 7.19. The largest absolute Gasteiger partial charge is 0.398 e. The van der Waals surface area contributed by atoms with Crippen molar-refractivity contribution in [3.8, 4) is 0 Å². The van der Waals surface area contributed by atoms with Gasteiger partial charge in [0, 0.05) is 49.4 Å². The van der Waals surface area contributed by atoms with Gasteiger partial charge in [-0.2, -0.15) is 0 Å². The monoisotopic (exact) mass is 323 g/mol. The molecule has 0 aromatic heterocycles. The summed E-state index contributed by atoms with van der Waals surface area (Å²) in [6.45, 7) is 7.21. The molecule has 1 saturated heterocycles. The van der Waals surface area contributed by atoms with E-state index in [4.69, 9.17) is 5.73 Å². The topological polar surface area (TPSA) is 32.5 Å². The lowest BCUT2D eigenvalue weighted by atomic mass is 10.2. The van der Waals surface area contributed by atoms with Crippen molar-refractivity contribution in [3.05, 3.63) is 28.2 Å². The number of hydrogen-bond donors (Lipinski definition) is 1. The molecule has 0 bridgehead atoms. The third kappa shape index (κ3) is 3.71. The van der Waals surface area contributed by atoms with Crippen LogP contribution in [0.2, 0.25) is 0 Å². The molecule has 2 aliphatic rings. The summed E-state index contributed by atoms with van der Waals surface area (Å²) < 4.78 is 1.01. The highest BCUT2D eigenvalue weighted by Gasteiger charge is 2.26. The molecule has 0 amide bonds.